The first kappa shape index (κ1) is 27.7. The molecule has 2 aromatic carbocycles. The summed E-state index contributed by atoms with van der Waals surface area (Å²) in [7, 11) is 1.66. The molecule has 0 atom stereocenters. The average molecular weight is 554 g/mol. The first-order chi connectivity index (χ1) is 15.0. The monoisotopic (exact) mass is 554 g/mol. The molecule has 0 spiro atoms. The molecule has 0 aliphatic heterocycles. The van der Waals surface area contributed by atoms with Gasteiger partial charge in [-0.25, -0.2) is 4.99 Å². The largest absolute Gasteiger partial charge is 0.491 e. The summed E-state index contributed by atoms with van der Waals surface area (Å²) < 4.78 is 10.9. The van der Waals surface area contributed by atoms with Crippen LogP contribution in [-0.2, 0) is 22.5 Å². The normalized spacial score (nSPS) is 10.8. The number of ether oxygens (including phenoxy) is 2. The van der Waals surface area contributed by atoms with Gasteiger partial charge in [0.2, 0.25) is 5.91 Å². The molecular weight excluding hydrogens is 519 g/mol. The van der Waals surface area contributed by atoms with Crippen LogP contribution >= 0.6 is 24.0 Å². The number of benzene rings is 2. The standard InChI is InChI=1S/C24H34N4O3.HI/c1-5-25-24(26-13-12-20-7-10-22(11-8-20)28-19(3)29)27-17-21-9-6-18(2)16-23(21)31-15-14-30-4;/h6-11,16H,5,12-15,17H2,1-4H3,(H,28,29)(H2,25,26,27);1H. The van der Waals surface area contributed by atoms with Crippen molar-refractivity contribution in [2.75, 3.05) is 38.7 Å². The molecule has 0 aliphatic rings. The highest BCUT2D eigenvalue weighted by Crippen LogP contribution is 2.21. The Morgan fingerprint density at radius 3 is 2.47 bits per heavy atom. The quantitative estimate of drug-likeness (QED) is 0.170. The third-order valence-electron chi connectivity index (χ3n) is 4.50. The molecule has 32 heavy (non-hydrogen) atoms. The number of carbonyl (C=O) groups is 1. The number of anilines is 1. The molecule has 0 aromatic heterocycles. The van der Waals surface area contributed by atoms with E-state index in [1.54, 1.807) is 7.11 Å². The van der Waals surface area contributed by atoms with Crippen molar-refractivity contribution in [3.05, 3.63) is 59.2 Å². The van der Waals surface area contributed by atoms with Crippen LogP contribution in [0, 0.1) is 6.92 Å². The fraction of sp³-hybridized carbons (Fsp3) is 0.417. The molecule has 0 unspecified atom stereocenters. The third-order valence-corrected chi connectivity index (χ3v) is 4.50. The molecule has 0 saturated heterocycles. The lowest BCUT2D eigenvalue weighted by atomic mass is 10.1. The first-order valence-corrected chi connectivity index (χ1v) is 10.6. The summed E-state index contributed by atoms with van der Waals surface area (Å²) >= 11 is 0. The molecule has 0 bridgehead atoms. The Hall–Kier alpha value is -2.33. The summed E-state index contributed by atoms with van der Waals surface area (Å²) in [6.07, 6.45) is 0.848. The number of nitrogens with zero attached hydrogens (tertiary/aromatic N) is 1. The van der Waals surface area contributed by atoms with Crippen molar-refractivity contribution in [3.63, 3.8) is 0 Å². The summed E-state index contributed by atoms with van der Waals surface area (Å²) in [4.78, 5) is 15.8. The minimum atomic E-state index is -0.0678. The Bertz CT molecular complexity index is 857. The van der Waals surface area contributed by atoms with Crippen LogP contribution in [0.1, 0.15) is 30.5 Å². The number of rotatable bonds is 11. The number of carbonyl (C=O) groups excluding carboxylic acids is 1. The molecule has 0 saturated carbocycles. The van der Waals surface area contributed by atoms with E-state index in [2.05, 4.69) is 28.1 Å². The van der Waals surface area contributed by atoms with Crippen LogP contribution in [0.2, 0.25) is 0 Å². The van der Waals surface area contributed by atoms with Crippen molar-refractivity contribution in [2.24, 2.45) is 4.99 Å². The van der Waals surface area contributed by atoms with E-state index in [9.17, 15) is 4.79 Å². The van der Waals surface area contributed by atoms with E-state index in [1.165, 1.54) is 12.5 Å². The number of aryl methyl sites for hydroxylation is 1. The van der Waals surface area contributed by atoms with Gasteiger partial charge >= 0.3 is 0 Å². The van der Waals surface area contributed by atoms with Crippen molar-refractivity contribution in [1.29, 1.82) is 0 Å². The van der Waals surface area contributed by atoms with Crippen molar-refractivity contribution in [3.8, 4) is 5.75 Å². The number of guanidine groups is 1. The number of amides is 1. The Balaban J connectivity index is 0.00000512. The second kappa shape index (κ2) is 15.5. The highest BCUT2D eigenvalue weighted by Gasteiger charge is 2.06. The lowest BCUT2D eigenvalue weighted by molar-refractivity contribution is -0.114. The van der Waals surface area contributed by atoms with Crippen molar-refractivity contribution >= 4 is 41.5 Å². The molecule has 0 heterocycles. The molecule has 2 aromatic rings. The summed E-state index contributed by atoms with van der Waals surface area (Å²) in [5.41, 5.74) is 4.17. The number of halogens is 1. The Morgan fingerprint density at radius 2 is 1.81 bits per heavy atom. The highest BCUT2D eigenvalue weighted by atomic mass is 127. The Kier molecular flexibility index (Phi) is 13.4. The molecular formula is C24H35IN4O3. The summed E-state index contributed by atoms with van der Waals surface area (Å²) in [5.74, 6) is 1.54. The van der Waals surface area contributed by atoms with Gasteiger partial charge in [0.1, 0.15) is 12.4 Å². The van der Waals surface area contributed by atoms with Gasteiger partial charge in [0.05, 0.1) is 13.2 Å². The van der Waals surface area contributed by atoms with E-state index < -0.39 is 0 Å². The lowest BCUT2D eigenvalue weighted by Gasteiger charge is -2.14. The van der Waals surface area contributed by atoms with Crippen LogP contribution in [0.5, 0.6) is 5.75 Å². The van der Waals surface area contributed by atoms with Gasteiger partial charge in [0.15, 0.2) is 5.96 Å². The number of hydrogen-bond acceptors (Lipinski definition) is 4. The van der Waals surface area contributed by atoms with Crippen molar-refractivity contribution in [1.82, 2.24) is 10.6 Å². The highest BCUT2D eigenvalue weighted by molar-refractivity contribution is 14.0. The summed E-state index contributed by atoms with van der Waals surface area (Å²) in [6.45, 7) is 8.70. The zero-order chi connectivity index (χ0) is 22.5. The van der Waals surface area contributed by atoms with Gasteiger partial charge in [-0.2, -0.15) is 0 Å². The summed E-state index contributed by atoms with van der Waals surface area (Å²) in [5, 5.41) is 9.44. The molecule has 2 rings (SSSR count). The van der Waals surface area contributed by atoms with Gasteiger partial charge in [-0.05, 0) is 49.6 Å². The van der Waals surface area contributed by atoms with Gasteiger partial charge in [-0.1, -0.05) is 24.3 Å². The molecule has 0 radical (unpaired) electrons. The van der Waals surface area contributed by atoms with Crippen LogP contribution in [-0.4, -0.2) is 45.3 Å². The smallest absolute Gasteiger partial charge is 0.221 e. The third kappa shape index (κ3) is 10.3. The van der Waals surface area contributed by atoms with Crippen molar-refractivity contribution < 1.29 is 14.3 Å². The molecule has 8 heteroatoms. The Labute approximate surface area is 208 Å². The maximum Gasteiger partial charge on any atom is 0.221 e. The van der Waals surface area contributed by atoms with Crippen LogP contribution in [0.3, 0.4) is 0 Å². The van der Waals surface area contributed by atoms with Gasteiger partial charge < -0.3 is 25.4 Å². The number of nitrogens with one attached hydrogen (secondary N) is 3. The van der Waals surface area contributed by atoms with Crippen LogP contribution in [0.4, 0.5) is 5.69 Å². The molecule has 3 N–H and O–H groups in total. The topological polar surface area (TPSA) is 84.0 Å². The minimum Gasteiger partial charge on any atom is -0.491 e. The zero-order valence-corrected chi connectivity index (χ0v) is 21.7. The maximum atomic E-state index is 11.1. The first-order valence-electron chi connectivity index (χ1n) is 10.6. The van der Waals surface area contributed by atoms with E-state index in [4.69, 9.17) is 14.5 Å². The summed E-state index contributed by atoms with van der Waals surface area (Å²) in [6, 6.07) is 14.0. The minimum absolute atomic E-state index is 0. The second-order valence-corrected chi connectivity index (χ2v) is 7.20. The number of aliphatic imine (C=N–C) groups is 1. The molecule has 1 amide bonds. The van der Waals surface area contributed by atoms with Gasteiger partial charge in [-0.15, -0.1) is 24.0 Å². The fourth-order valence-corrected chi connectivity index (χ4v) is 2.95. The van der Waals surface area contributed by atoms with E-state index in [1.807, 2.05) is 44.2 Å². The zero-order valence-electron chi connectivity index (χ0n) is 19.4. The number of hydrogen-bond donors (Lipinski definition) is 3. The molecule has 0 aliphatic carbocycles. The fourth-order valence-electron chi connectivity index (χ4n) is 2.95. The average Bonchev–Trinajstić information content (AvgIpc) is 2.74. The predicted molar refractivity (Wildman–Crippen MR) is 141 cm³/mol. The molecule has 0 fully saturated rings. The van der Waals surface area contributed by atoms with Gasteiger partial charge in [0, 0.05) is 38.4 Å². The molecule has 7 nitrogen and oxygen atoms in total. The maximum absolute atomic E-state index is 11.1. The van der Waals surface area contributed by atoms with Gasteiger partial charge in [-0.3, -0.25) is 4.79 Å². The van der Waals surface area contributed by atoms with Crippen LogP contribution < -0.4 is 20.7 Å². The SMILES string of the molecule is CCNC(=NCc1ccc(C)cc1OCCOC)NCCc1ccc(NC(C)=O)cc1.I. The molecule has 176 valence electrons. The van der Waals surface area contributed by atoms with Gasteiger partial charge in [0.25, 0.3) is 0 Å². The van der Waals surface area contributed by atoms with E-state index in [0.717, 1.165) is 48.0 Å². The van der Waals surface area contributed by atoms with Crippen LogP contribution in [0.15, 0.2) is 47.5 Å². The van der Waals surface area contributed by atoms with Crippen LogP contribution in [0.25, 0.3) is 0 Å². The lowest BCUT2D eigenvalue weighted by Crippen LogP contribution is -2.38. The second-order valence-electron chi connectivity index (χ2n) is 7.20. The number of methoxy groups -OCH3 is 1. The van der Waals surface area contributed by atoms with E-state index >= 15 is 0 Å². The van der Waals surface area contributed by atoms with Crippen molar-refractivity contribution in [2.45, 2.75) is 33.7 Å². The van der Waals surface area contributed by atoms with E-state index in [0.29, 0.717) is 19.8 Å². The predicted octanol–water partition coefficient (Wildman–Crippen LogP) is 3.89. The Morgan fingerprint density at radius 1 is 1.06 bits per heavy atom. The van der Waals surface area contributed by atoms with E-state index in [-0.39, 0.29) is 29.9 Å².